The zero-order valence-electron chi connectivity index (χ0n) is 17.3. The van der Waals surface area contributed by atoms with E-state index in [0.717, 1.165) is 29.7 Å². The molecule has 1 fully saturated rings. The van der Waals surface area contributed by atoms with Gasteiger partial charge in [-0.2, -0.15) is 0 Å². The second-order valence-electron chi connectivity index (χ2n) is 7.53. The largest absolute Gasteiger partial charge is 0.482 e. The molecule has 0 atom stereocenters. The maximum atomic E-state index is 12.9. The summed E-state index contributed by atoms with van der Waals surface area (Å²) in [5.41, 5.74) is 2.00. The first-order chi connectivity index (χ1) is 15.5. The predicted molar refractivity (Wildman–Crippen MR) is 127 cm³/mol. The third-order valence-corrected chi connectivity index (χ3v) is 6.74. The third-order valence-electron chi connectivity index (χ3n) is 5.28. The number of piperazine rings is 1. The van der Waals surface area contributed by atoms with Crippen LogP contribution in [-0.4, -0.2) is 46.8 Å². The lowest BCUT2D eigenvalue weighted by atomic mass is 10.2. The van der Waals surface area contributed by atoms with Gasteiger partial charge in [0.05, 0.1) is 9.80 Å². The van der Waals surface area contributed by atoms with Crippen molar-refractivity contribution in [3.05, 3.63) is 90.6 Å². The number of benzene rings is 2. The van der Waals surface area contributed by atoms with Gasteiger partial charge >= 0.3 is 5.69 Å². The van der Waals surface area contributed by atoms with E-state index in [1.807, 2.05) is 28.5 Å². The molecule has 1 aliphatic rings. The molecule has 4 rings (SSSR count). The third kappa shape index (κ3) is 5.53. The number of amides is 1. The van der Waals surface area contributed by atoms with Crippen molar-refractivity contribution in [2.24, 2.45) is 0 Å². The van der Waals surface area contributed by atoms with Crippen LogP contribution in [0.15, 0.2) is 64.5 Å². The molecule has 0 N–H and O–H groups in total. The van der Waals surface area contributed by atoms with Gasteiger partial charge in [-0.15, -0.1) is 11.3 Å². The van der Waals surface area contributed by atoms with E-state index in [4.69, 9.17) is 4.74 Å². The molecule has 0 unspecified atom stereocenters. The Balaban J connectivity index is 1.30. The lowest BCUT2D eigenvalue weighted by Crippen LogP contribution is -2.48. The van der Waals surface area contributed by atoms with Crippen molar-refractivity contribution in [2.45, 2.75) is 13.2 Å². The zero-order chi connectivity index (χ0) is 22.5. The van der Waals surface area contributed by atoms with Crippen LogP contribution in [0.25, 0.3) is 0 Å². The number of hydrogen-bond acceptors (Lipinski definition) is 6. The van der Waals surface area contributed by atoms with Gasteiger partial charge in [-0.25, -0.2) is 0 Å². The number of para-hydroxylation sites is 2. The summed E-state index contributed by atoms with van der Waals surface area (Å²) in [4.78, 5) is 28.5. The van der Waals surface area contributed by atoms with Crippen molar-refractivity contribution in [1.82, 2.24) is 9.80 Å². The Hall–Kier alpha value is -2.75. The minimum atomic E-state index is -0.464. The summed E-state index contributed by atoms with van der Waals surface area (Å²) < 4.78 is 6.70. The van der Waals surface area contributed by atoms with Crippen LogP contribution in [0.3, 0.4) is 0 Å². The molecule has 32 heavy (non-hydrogen) atoms. The van der Waals surface area contributed by atoms with Gasteiger partial charge in [-0.1, -0.05) is 40.2 Å². The summed E-state index contributed by atoms with van der Waals surface area (Å²) in [6.07, 6.45) is 0. The minimum Gasteiger partial charge on any atom is -0.482 e. The second kappa shape index (κ2) is 10.2. The highest BCUT2D eigenvalue weighted by atomic mass is 79.9. The molecular weight excluding hydrogens is 494 g/mol. The highest BCUT2D eigenvalue weighted by Crippen LogP contribution is 2.27. The first-order valence-corrected chi connectivity index (χ1v) is 11.9. The molecule has 7 nitrogen and oxygen atoms in total. The monoisotopic (exact) mass is 515 g/mol. The van der Waals surface area contributed by atoms with Gasteiger partial charge in [-0.05, 0) is 35.2 Å². The number of carbonyl (C=O) groups is 1. The number of ether oxygens (including phenoxy) is 1. The number of nitrogens with zero attached hydrogens (tertiary/aromatic N) is 3. The van der Waals surface area contributed by atoms with Gasteiger partial charge in [-0.3, -0.25) is 19.8 Å². The number of rotatable bonds is 7. The number of nitro benzene ring substituents is 1. The molecule has 0 radical (unpaired) electrons. The van der Waals surface area contributed by atoms with Gasteiger partial charge in [0.2, 0.25) is 0 Å². The lowest BCUT2D eigenvalue weighted by molar-refractivity contribution is -0.385. The standard InChI is InChI=1S/C23H22BrN3O4S/c24-19-5-3-4-17(12-19)14-25-8-10-26(11-9-25)23(28)22-13-18(16-32-22)15-31-21-7-2-1-6-20(21)27(29)30/h1-7,12-13,16H,8-11,14-15H2. The Labute approximate surface area is 198 Å². The molecule has 1 aromatic heterocycles. The van der Waals surface area contributed by atoms with Gasteiger partial charge in [0.1, 0.15) is 6.61 Å². The van der Waals surface area contributed by atoms with Crippen LogP contribution in [0.5, 0.6) is 5.75 Å². The van der Waals surface area contributed by atoms with E-state index in [-0.39, 0.29) is 24.0 Å². The smallest absolute Gasteiger partial charge is 0.310 e. The van der Waals surface area contributed by atoms with E-state index in [1.165, 1.54) is 23.0 Å². The van der Waals surface area contributed by atoms with Crippen LogP contribution in [0.4, 0.5) is 5.69 Å². The molecule has 0 spiro atoms. The molecule has 1 aliphatic heterocycles. The summed E-state index contributed by atoms with van der Waals surface area (Å²) in [6, 6.07) is 16.4. The Kier molecular flexibility index (Phi) is 7.19. The molecule has 1 saturated heterocycles. The van der Waals surface area contributed by atoms with E-state index >= 15 is 0 Å². The maximum Gasteiger partial charge on any atom is 0.310 e. The van der Waals surface area contributed by atoms with Gasteiger partial charge in [0.25, 0.3) is 5.91 Å². The number of carbonyl (C=O) groups excluding carboxylic acids is 1. The Morgan fingerprint density at radius 2 is 1.84 bits per heavy atom. The van der Waals surface area contributed by atoms with E-state index in [9.17, 15) is 14.9 Å². The fraction of sp³-hybridized carbons (Fsp3) is 0.261. The molecule has 166 valence electrons. The molecule has 3 aromatic rings. The summed E-state index contributed by atoms with van der Waals surface area (Å²) in [6.45, 7) is 4.08. The van der Waals surface area contributed by atoms with Crippen LogP contribution in [0, 0.1) is 10.1 Å². The van der Waals surface area contributed by atoms with Crippen molar-refractivity contribution >= 4 is 38.9 Å². The van der Waals surface area contributed by atoms with Crippen molar-refractivity contribution in [2.75, 3.05) is 26.2 Å². The quantitative estimate of drug-likeness (QED) is 0.328. The van der Waals surface area contributed by atoms with Crippen molar-refractivity contribution in [3.63, 3.8) is 0 Å². The first-order valence-electron chi connectivity index (χ1n) is 10.2. The molecule has 2 aromatic carbocycles. The topological polar surface area (TPSA) is 75.9 Å². The summed E-state index contributed by atoms with van der Waals surface area (Å²) >= 11 is 4.89. The minimum absolute atomic E-state index is 0.0223. The SMILES string of the molecule is O=C(c1cc(COc2ccccc2[N+](=O)[O-])cs1)N1CCN(Cc2cccc(Br)c2)CC1. The molecule has 0 saturated carbocycles. The number of halogens is 1. The average Bonchev–Trinajstić information content (AvgIpc) is 3.27. The molecular formula is C23H22BrN3O4S. The highest BCUT2D eigenvalue weighted by Gasteiger charge is 2.23. The fourth-order valence-electron chi connectivity index (χ4n) is 3.61. The van der Waals surface area contributed by atoms with Gasteiger partial charge in [0, 0.05) is 48.8 Å². The Morgan fingerprint density at radius 3 is 2.59 bits per heavy atom. The normalized spacial score (nSPS) is 14.3. The zero-order valence-corrected chi connectivity index (χ0v) is 19.7. The van der Waals surface area contributed by atoms with Crippen LogP contribution >= 0.6 is 27.3 Å². The van der Waals surface area contributed by atoms with E-state index < -0.39 is 4.92 Å². The van der Waals surface area contributed by atoms with Crippen LogP contribution < -0.4 is 4.74 Å². The molecule has 9 heteroatoms. The Bertz CT molecular complexity index is 1110. The fourth-order valence-corrected chi connectivity index (χ4v) is 4.92. The molecule has 1 amide bonds. The van der Waals surface area contributed by atoms with Crippen molar-refractivity contribution in [1.29, 1.82) is 0 Å². The predicted octanol–water partition coefficient (Wildman–Crippen LogP) is 4.96. The highest BCUT2D eigenvalue weighted by molar-refractivity contribution is 9.10. The van der Waals surface area contributed by atoms with E-state index in [0.29, 0.717) is 18.0 Å². The first kappa shape index (κ1) is 22.4. The lowest BCUT2D eigenvalue weighted by Gasteiger charge is -2.34. The maximum absolute atomic E-state index is 12.9. The molecule has 0 bridgehead atoms. The average molecular weight is 516 g/mol. The summed E-state index contributed by atoms with van der Waals surface area (Å²) in [7, 11) is 0. The number of thiophene rings is 1. The van der Waals surface area contributed by atoms with E-state index in [2.05, 4.69) is 33.0 Å². The molecule has 2 heterocycles. The number of nitro groups is 1. The summed E-state index contributed by atoms with van der Waals surface area (Å²) in [5, 5.41) is 13.0. The molecule has 0 aliphatic carbocycles. The van der Waals surface area contributed by atoms with Gasteiger partial charge in [0.15, 0.2) is 5.75 Å². The van der Waals surface area contributed by atoms with Crippen molar-refractivity contribution in [3.8, 4) is 5.75 Å². The van der Waals surface area contributed by atoms with Crippen molar-refractivity contribution < 1.29 is 14.5 Å². The second-order valence-corrected chi connectivity index (χ2v) is 9.36. The van der Waals surface area contributed by atoms with Gasteiger partial charge < -0.3 is 9.64 Å². The van der Waals surface area contributed by atoms with Crippen LogP contribution in [0.1, 0.15) is 20.8 Å². The number of hydrogen-bond donors (Lipinski definition) is 0. The Morgan fingerprint density at radius 1 is 1.06 bits per heavy atom. The van der Waals surface area contributed by atoms with E-state index in [1.54, 1.807) is 18.2 Å². The van der Waals surface area contributed by atoms with Crippen LogP contribution in [0.2, 0.25) is 0 Å². The van der Waals surface area contributed by atoms with Crippen LogP contribution in [-0.2, 0) is 13.2 Å². The summed E-state index contributed by atoms with van der Waals surface area (Å²) in [5.74, 6) is 0.243.